The quantitative estimate of drug-likeness (QED) is 0.171. The molecule has 9 aromatic carbocycles. The molecule has 0 aliphatic carbocycles. The molecule has 0 unspecified atom stereocenters. The standard InChI is InChI=1S/C52H31NO2/c1-3-16-32(17-4-1)48-42-30-41-34-20-12-14-29-45(34)54-46(41)31-47(42)55-52(48)51-37-23-9-7-21-35(37)49(36-22-8-10-24-38(36)51)40-26-15-28-44-50(40)39-25-11-13-27-43(39)53(44)33-18-5-2-6-19-33/h1-31H. The lowest BCUT2D eigenvalue weighted by molar-refractivity contribution is 0.630. The van der Waals surface area contributed by atoms with Crippen molar-refractivity contribution in [3.05, 3.63) is 188 Å². The molecule has 3 heteroatoms. The Hall–Kier alpha value is -7.36. The van der Waals surface area contributed by atoms with Crippen LogP contribution < -0.4 is 0 Å². The summed E-state index contributed by atoms with van der Waals surface area (Å²) < 4.78 is 15.9. The molecule has 0 amide bonds. The van der Waals surface area contributed by atoms with Gasteiger partial charge in [0, 0.05) is 49.8 Å². The van der Waals surface area contributed by atoms with E-state index in [1.54, 1.807) is 0 Å². The van der Waals surface area contributed by atoms with E-state index in [1.165, 1.54) is 43.7 Å². The molecule has 12 aromatic rings. The Labute approximate surface area is 315 Å². The van der Waals surface area contributed by atoms with E-state index >= 15 is 0 Å². The van der Waals surface area contributed by atoms with Gasteiger partial charge in [0.2, 0.25) is 0 Å². The highest BCUT2D eigenvalue weighted by Gasteiger charge is 2.26. The number of furan rings is 2. The minimum atomic E-state index is 0.802. The normalized spacial score (nSPS) is 12.0. The van der Waals surface area contributed by atoms with Crippen LogP contribution >= 0.6 is 0 Å². The third kappa shape index (κ3) is 4.32. The lowest BCUT2D eigenvalue weighted by Crippen LogP contribution is -1.94. The van der Waals surface area contributed by atoms with Gasteiger partial charge in [0.1, 0.15) is 22.5 Å². The molecular formula is C52H31NO2. The van der Waals surface area contributed by atoms with Gasteiger partial charge in [-0.3, -0.25) is 0 Å². The van der Waals surface area contributed by atoms with Crippen molar-refractivity contribution in [2.24, 2.45) is 0 Å². The van der Waals surface area contributed by atoms with E-state index in [0.717, 1.165) is 71.8 Å². The van der Waals surface area contributed by atoms with Gasteiger partial charge in [0.05, 0.1) is 11.0 Å². The Morgan fingerprint density at radius 3 is 1.62 bits per heavy atom. The third-order valence-corrected chi connectivity index (χ3v) is 11.4. The van der Waals surface area contributed by atoms with Crippen molar-refractivity contribution in [3.63, 3.8) is 0 Å². The van der Waals surface area contributed by atoms with Gasteiger partial charge in [-0.25, -0.2) is 0 Å². The Morgan fingerprint density at radius 1 is 0.327 bits per heavy atom. The molecule has 0 radical (unpaired) electrons. The van der Waals surface area contributed by atoms with Crippen LogP contribution in [-0.2, 0) is 0 Å². The maximum Gasteiger partial charge on any atom is 0.144 e. The SMILES string of the molecule is c1ccc(-c2c(-c3c4ccccc4c(-c4cccc5c4c4ccccc4n5-c4ccccc4)c4ccccc34)oc3cc4oc5ccccc5c4cc23)cc1. The maximum atomic E-state index is 7.12. The first-order valence-electron chi connectivity index (χ1n) is 18.8. The monoisotopic (exact) mass is 701 g/mol. The van der Waals surface area contributed by atoms with E-state index in [2.05, 4.69) is 180 Å². The Balaban J connectivity index is 1.21. The predicted molar refractivity (Wildman–Crippen MR) is 229 cm³/mol. The van der Waals surface area contributed by atoms with Crippen LogP contribution in [0.25, 0.3) is 116 Å². The van der Waals surface area contributed by atoms with Crippen molar-refractivity contribution in [2.45, 2.75) is 0 Å². The van der Waals surface area contributed by atoms with Gasteiger partial charge in [0.25, 0.3) is 0 Å². The van der Waals surface area contributed by atoms with Crippen molar-refractivity contribution in [3.8, 4) is 39.3 Å². The summed E-state index contributed by atoms with van der Waals surface area (Å²) in [4.78, 5) is 0. The smallest absolute Gasteiger partial charge is 0.144 e. The molecule has 0 spiro atoms. The number of rotatable bonds is 4. The van der Waals surface area contributed by atoms with Crippen molar-refractivity contribution in [2.75, 3.05) is 0 Å². The van der Waals surface area contributed by atoms with Crippen LogP contribution in [0.5, 0.6) is 0 Å². The summed E-state index contributed by atoms with van der Waals surface area (Å²) in [5.74, 6) is 0.857. The summed E-state index contributed by atoms with van der Waals surface area (Å²) in [6.07, 6.45) is 0. The molecule has 0 bridgehead atoms. The number of aromatic nitrogens is 1. The second-order valence-corrected chi connectivity index (χ2v) is 14.3. The van der Waals surface area contributed by atoms with Gasteiger partial charge in [-0.05, 0) is 74.6 Å². The molecule has 0 saturated carbocycles. The third-order valence-electron chi connectivity index (χ3n) is 11.4. The van der Waals surface area contributed by atoms with Crippen molar-refractivity contribution in [1.82, 2.24) is 4.57 Å². The van der Waals surface area contributed by atoms with Crippen LogP contribution in [0, 0.1) is 0 Å². The van der Waals surface area contributed by atoms with Crippen LogP contribution in [0.1, 0.15) is 0 Å². The lowest BCUT2D eigenvalue weighted by atomic mass is 9.85. The van der Waals surface area contributed by atoms with Crippen molar-refractivity contribution in [1.29, 1.82) is 0 Å². The summed E-state index contributed by atoms with van der Waals surface area (Å²) in [7, 11) is 0. The van der Waals surface area contributed by atoms with Gasteiger partial charge in [-0.1, -0.05) is 146 Å². The lowest BCUT2D eigenvalue weighted by Gasteiger charge is -2.18. The van der Waals surface area contributed by atoms with Crippen LogP contribution in [0.2, 0.25) is 0 Å². The van der Waals surface area contributed by atoms with E-state index < -0.39 is 0 Å². The van der Waals surface area contributed by atoms with Crippen molar-refractivity contribution >= 4 is 76.3 Å². The van der Waals surface area contributed by atoms with Gasteiger partial charge >= 0.3 is 0 Å². The number of nitrogens with zero attached hydrogens (tertiary/aromatic N) is 1. The molecular weight excluding hydrogens is 671 g/mol. The average molecular weight is 702 g/mol. The predicted octanol–water partition coefficient (Wildman–Crippen LogP) is 14.7. The molecule has 0 N–H and O–H groups in total. The summed E-state index contributed by atoms with van der Waals surface area (Å²) >= 11 is 0. The largest absolute Gasteiger partial charge is 0.456 e. The molecule has 256 valence electrons. The molecule has 3 heterocycles. The Kier molecular flexibility index (Phi) is 6.34. The van der Waals surface area contributed by atoms with Crippen molar-refractivity contribution < 1.29 is 8.83 Å². The highest BCUT2D eigenvalue weighted by molar-refractivity contribution is 6.27. The highest BCUT2D eigenvalue weighted by Crippen LogP contribution is 2.51. The van der Waals surface area contributed by atoms with Gasteiger partial charge in [-0.15, -0.1) is 0 Å². The van der Waals surface area contributed by atoms with E-state index in [0.29, 0.717) is 0 Å². The van der Waals surface area contributed by atoms with Crippen LogP contribution in [0.4, 0.5) is 0 Å². The van der Waals surface area contributed by atoms with E-state index in [9.17, 15) is 0 Å². The Morgan fingerprint density at radius 2 is 0.891 bits per heavy atom. The fourth-order valence-electron chi connectivity index (χ4n) is 9.13. The fraction of sp³-hybridized carbons (Fsp3) is 0. The average Bonchev–Trinajstić information content (AvgIpc) is 3.91. The minimum absolute atomic E-state index is 0.802. The molecule has 12 rings (SSSR count). The van der Waals surface area contributed by atoms with E-state index in [-0.39, 0.29) is 0 Å². The summed E-state index contributed by atoms with van der Waals surface area (Å²) in [5.41, 5.74) is 11.7. The van der Waals surface area contributed by atoms with Gasteiger partial charge < -0.3 is 13.4 Å². The summed E-state index contributed by atoms with van der Waals surface area (Å²) in [5, 5.41) is 10.4. The summed E-state index contributed by atoms with van der Waals surface area (Å²) in [6.45, 7) is 0. The van der Waals surface area contributed by atoms with Crippen LogP contribution in [-0.4, -0.2) is 4.57 Å². The molecule has 0 atom stereocenters. The molecule has 3 nitrogen and oxygen atoms in total. The van der Waals surface area contributed by atoms with Crippen LogP contribution in [0.3, 0.4) is 0 Å². The van der Waals surface area contributed by atoms with Gasteiger partial charge in [-0.2, -0.15) is 0 Å². The first-order chi connectivity index (χ1) is 27.3. The maximum absolute atomic E-state index is 7.12. The Bertz CT molecular complexity index is 3420. The second kappa shape index (κ2) is 11.6. The zero-order valence-electron chi connectivity index (χ0n) is 29.7. The topological polar surface area (TPSA) is 31.2 Å². The van der Waals surface area contributed by atoms with Crippen LogP contribution in [0.15, 0.2) is 197 Å². The second-order valence-electron chi connectivity index (χ2n) is 14.3. The number of hydrogen-bond donors (Lipinski definition) is 0. The molecule has 0 saturated heterocycles. The molecule has 55 heavy (non-hydrogen) atoms. The van der Waals surface area contributed by atoms with E-state index in [4.69, 9.17) is 8.83 Å². The molecule has 0 aliphatic heterocycles. The minimum Gasteiger partial charge on any atom is -0.456 e. The number of para-hydroxylation sites is 3. The number of hydrogen-bond acceptors (Lipinski definition) is 2. The first kappa shape index (κ1) is 30.1. The molecule has 0 aliphatic rings. The zero-order valence-corrected chi connectivity index (χ0v) is 29.7. The fourth-order valence-corrected chi connectivity index (χ4v) is 9.13. The summed E-state index contributed by atoms with van der Waals surface area (Å²) in [6, 6.07) is 67.2. The van der Waals surface area contributed by atoms with E-state index in [1.807, 2.05) is 12.1 Å². The number of fused-ring (bicyclic) bond motifs is 9. The zero-order chi connectivity index (χ0) is 36.0. The first-order valence-corrected chi connectivity index (χ1v) is 18.8. The molecule has 3 aromatic heterocycles. The number of benzene rings is 9. The molecule has 0 fully saturated rings. The highest BCUT2D eigenvalue weighted by atomic mass is 16.3. The van der Waals surface area contributed by atoms with Gasteiger partial charge in [0.15, 0.2) is 0 Å².